The molecule has 2 aromatic rings. The molecule has 1 N–H and O–H groups in total. The van der Waals surface area contributed by atoms with Crippen molar-refractivity contribution in [1.82, 2.24) is 10.2 Å². The molecule has 1 saturated carbocycles. The van der Waals surface area contributed by atoms with Crippen LogP contribution in [0.25, 0.3) is 0 Å². The minimum absolute atomic E-state index is 0.0455. The molecule has 2 amide bonds. The fourth-order valence-corrected chi connectivity index (χ4v) is 3.38. The lowest BCUT2D eigenvalue weighted by Crippen LogP contribution is -2.41. The van der Waals surface area contributed by atoms with E-state index in [9.17, 15) is 9.59 Å². The first-order valence-corrected chi connectivity index (χ1v) is 9.55. The first-order valence-electron chi connectivity index (χ1n) is 9.55. The summed E-state index contributed by atoms with van der Waals surface area (Å²) in [6.07, 6.45) is 5.62. The molecule has 0 unspecified atom stereocenters. The number of hydrogen-bond acceptors (Lipinski definition) is 4. The van der Waals surface area contributed by atoms with Crippen molar-refractivity contribution in [1.29, 1.82) is 0 Å². The maximum Gasteiger partial charge on any atom is 0.289 e. The third kappa shape index (κ3) is 4.51. The second kappa shape index (κ2) is 7.86. The average molecular weight is 368 g/mol. The average Bonchev–Trinajstić information content (AvgIpc) is 3.34. The van der Waals surface area contributed by atoms with Gasteiger partial charge in [0.2, 0.25) is 0 Å². The second-order valence-electron chi connectivity index (χ2n) is 7.32. The van der Waals surface area contributed by atoms with Crippen LogP contribution >= 0.6 is 0 Å². The predicted molar refractivity (Wildman–Crippen MR) is 99.8 cm³/mol. The minimum atomic E-state index is -0.0663. The van der Waals surface area contributed by atoms with Gasteiger partial charge < -0.3 is 19.4 Å². The Morgan fingerprint density at radius 2 is 2.07 bits per heavy atom. The molecule has 6 nitrogen and oxygen atoms in total. The van der Waals surface area contributed by atoms with E-state index in [1.165, 1.54) is 6.26 Å². The van der Waals surface area contributed by atoms with Gasteiger partial charge in [0.05, 0.1) is 12.9 Å². The zero-order valence-corrected chi connectivity index (χ0v) is 15.2. The zero-order chi connectivity index (χ0) is 18.6. The van der Waals surface area contributed by atoms with Crippen LogP contribution in [0.3, 0.4) is 0 Å². The summed E-state index contributed by atoms with van der Waals surface area (Å²) >= 11 is 0. The number of nitrogens with one attached hydrogen (secondary N) is 1. The molecular formula is C21H24N2O4. The second-order valence-corrected chi connectivity index (χ2v) is 7.32. The van der Waals surface area contributed by atoms with Crippen molar-refractivity contribution < 1.29 is 18.7 Å². The Labute approximate surface area is 158 Å². The Hall–Kier alpha value is -2.76. The van der Waals surface area contributed by atoms with Crippen LogP contribution in [0.1, 0.15) is 46.6 Å². The number of carbonyl (C=O) groups excluding carboxylic acids is 2. The van der Waals surface area contributed by atoms with Crippen molar-refractivity contribution in [2.75, 3.05) is 19.7 Å². The Morgan fingerprint density at radius 1 is 1.19 bits per heavy atom. The molecule has 1 aliphatic carbocycles. The van der Waals surface area contributed by atoms with E-state index in [2.05, 4.69) is 5.32 Å². The minimum Gasteiger partial charge on any atom is -0.493 e. The molecule has 1 aromatic carbocycles. The largest absolute Gasteiger partial charge is 0.493 e. The number of rotatable bonds is 6. The van der Waals surface area contributed by atoms with Crippen molar-refractivity contribution in [2.24, 2.45) is 5.92 Å². The summed E-state index contributed by atoms with van der Waals surface area (Å²) < 4.78 is 11.2. The number of amides is 2. The predicted octanol–water partition coefficient (Wildman–Crippen LogP) is 3.10. The molecule has 4 rings (SSSR count). The number of likely N-dealkylation sites (tertiary alicyclic amines) is 1. The highest BCUT2D eigenvalue weighted by molar-refractivity contribution is 5.95. The topological polar surface area (TPSA) is 71.8 Å². The summed E-state index contributed by atoms with van der Waals surface area (Å²) in [5, 5.41) is 2.99. The standard InChI is InChI=1S/C21H24N2O4/c24-20(22-17-8-9-17)16-5-1-6-18(12-16)27-14-15-4-2-10-23(13-15)21(25)19-7-3-11-26-19/h1,3,5-7,11-12,15,17H,2,4,8-10,13-14H2,(H,22,24)/t15-/m0/s1. The van der Waals surface area contributed by atoms with Gasteiger partial charge in [0.25, 0.3) is 11.8 Å². The highest BCUT2D eigenvalue weighted by atomic mass is 16.5. The molecule has 0 bridgehead atoms. The molecular weight excluding hydrogens is 344 g/mol. The van der Waals surface area contributed by atoms with Crippen LogP contribution in [-0.4, -0.2) is 42.5 Å². The number of carbonyl (C=O) groups is 2. The fraction of sp³-hybridized carbons (Fsp3) is 0.429. The number of furan rings is 1. The number of hydrogen-bond donors (Lipinski definition) is 1. The van der Waals surface area contributed by atoms with Crippen molar-refractivity contribution >= 4 is 11.8 Å². The molecule has 2 fully saturated rings. The molecule has 142 valence electrons. The number of ether oxygens (including phenoxy) is 1. The van der Waals surface area contributed by atoms with Crippen LogP contribution in [-0.2, 0) is 0 Å². The lowest BCUT2D eigenvalue weighted by Gasteiger charge is -2.32. The van der Waals surface area contributed by atoms with Crippen molar-refractivity contribution in [3.63, 3.8) is 0 Å². The van der Waals surface area contributed by atoms with E-state index < -0.39 is 0 Å². The van der Waals surface area contributed by atoms with E-state index >= 15 is 0 Å². The van der Waals surface area contributed by atoms with Gasteiger partial charge in [0, 0.05) is 30.6 Å². The molecule has 0 radical (unpaired) electrons. The van der Waals surface area contributed by atoms with Crippen molar-refractivity contribution in [2.45, 2.75) is 31.7 Å². The van der Waals surface area contributed by atoms with Gasteiger partial charge in [-0.25, -0.2) is 0 Å². The first kappa shape index (κ1) is 17.6. The highest BCUT2D eigenvalue weighted by Crippen LogP contribution is 2.22. The molecule has 1 aromatic heterocycles. The third-order valence-electron chi connectivity index (χ3n) is 5.03. The molecule has 1 atom stereocenters. The van der Waals surface area contributed by atoms with E-state index in [4.69, 9.17) is 9.15 Å². The van der Waals surface area contributed by atoms with E-state index in [1.54, 1.807) is 24.3 Å². The van der Waals surface area contributed by atoms with Gasteiger partial charge >= 0.3 is 0 Å². The summed E-state index contributed by atoms with van der Waals surface area (Å²) in [5.74, 6) is 1.22. The Balaban J connectivity index is 1.31. The van der Waals surface area contributed by atoms with E-state index in [0.717, 1.165) is 32.2 Å². The third-order valence-corrected chi connectivity index (χ3v) is 5.03. The lowest BCUT2D eigenvalue weighted by atomic mass is 9.98. The van der Waals surface area contributed by atoms with Crippen LogP contribution < -0.4 is 10.1 Å². The molecule has 2 heterocycles. The van der Waals surface area contributed by atoms with Gasteiger partial charge in [-0.05, 0) is 56.0 Å². The summed E-state index contributed by atoms with van der Waals surface area (Å²) in [5.41, 5.74) is 0.623. The van der Waals surface area contributed by atoms with Gasteiger partial charge in [-0.2, -0.15) is 0 Å². The van der Waals surface area contributed by atoms with E-state index in [-0.39, 0.29) is 17.7 Å². The van der Waals surface area contributed by atoms with E-state index in [1.807, 2.05) is 17.0 Å². The maximum atomic E-state index is 12.4. The van der Waals surface area contributed by atoms with Crippen LogP contribution in [0.4, 0.5) is 0 Å². The fourth-order valence-electron chi connectivity index (χ4n) is 3.38. The molecule has 27 heavy (non-hydrogen) atoms. The van der Waals surface area contributed by atoms with Gasteiger partial charge in [0.15, 0.2) is 5.76 Å². The summed E-state index contributed by atoms with van der Waals surface area (Å²) in [4.78, 5) is 26.4. The van der Waals surface area contributed by atoms with Gasteiger partial charge in [0.1, 0.15) is 5.75 Å². The van der Waals surface area contributed by atoms with Crippen molar-refractivity contribution in [3.8, 4) is 5.75 Å². The van der Waals surface area contributed by atoms with Gasteiger partial charge in [-0.15, -0.1) is 0 Å². The molecule has 2 aliphatic rings. The normalized spacial score (nSPS) is 19.6. The van der Waals surface area contributed by atoms with Crippen LogP contribution in [0.15, 0.2) is 47.1 Å². The lowest BCUT2D eigenvalue weighted by molar-refractivity contribution is 0.0602. The smallest absolute Gasteiger partial charge is 0.289 e. The molecule has 1 aliphatic heterocycles. The van der Waals surface area contributed by atoms with Gasteiger partial charge in [-0.3, -0.25) is 9.59 Å². The quantitative estimate of drug-likeness (QED) is 0.850. The zero-order valence-electron chi connectivity index (χ0n) is 15.2. The SMILES string of the molecule is O=C(NC1CC1)c1cccc(OC[C@H]2CCCN(C(=O)c3ccco3)C2)c1. The van der Waals surface area contributed by atoms with Gasteiger partial charge in [-0.1, -0.05) is 6.07 Å². The summed E-state index contributed by atoms with van der Waals surface area (Å²) in [7, 11) is 0. The Bertz CT molecular complexity index is 798. The number of nitrogens with zero attached hydrogens (tertiary/aromatic N) is 1. The monoisotopic (exact) mass is 368 g/mol. The summed E-state index contributed by atoms with van der Waals surface area (Å²) in [6.45, 7) is 1.92. The van der Waals surface area contributed by atoms with E-state index in [0.29, 0.717) is 36.3 Å². The number of benzene rings is 1. The summed E-state index contributed by atoms with van der Waals surface area (Å²) in [6, 6.07) is 11.0. The van der Waals surface area contributed by atoms with Crippen LogP contribution in [0.5, 0.6) is 5.75 Å². The Kier molecular flexibility index (Phi) is 5.14. The molecule has 1 saturated heterocycles. The first-order chi connectivity index (χ1) is 13.2. The van der Waals surface area contributed by atoms with Crippen molar-refractivity contribution in [3.05, 3.63) is 54.0 Å². The Morgan fingerprint density at radius 3 is 2.85 bits per heavy atom. The molecule has 6 heteroatoms. The van der Waals surface area contributed by atoms with Crippen LogP contribution in [0, 0.1) is 5.92 Å². The highest BCUT2D eigenvalue weighted by Gasteiger charge is 2.26. The van der Waals surface area contributed by atoms with Crippen LogP contribution in [0.2, 0.25) is 0 Å². The molecule has 0 spiro atoms. The maximum absolute atomic E-state index is 12.4. The number of piperidine rings is 1.